The summed E-state index contributed by atoms with van der Waals surface area (Å²) in [6.45, 7) is 21.4. The minimum atomic E-state index is -0.698. The standard InChI is InChI=1S/2C24H40O4.C24H38O4/c3*1-14(4-7-21(27)28)17-5-6-18-22-19(9-11-24(17,18)3)23(2)10-8-16(25)12-15(23)13-20(22)26/h2*14-20,22,25-26H,4-13H2,1-3H3,(H,27,28);14-19,22,25H,4-13H2,1-3H3,(H,27,28)/t14-,15+,16-,17-,18+,19+,20+,22+,23+,24-;14-,15+,16-,17-,18+,19+,20-,22+,23+,24-;14-,15+,16-,17-,18+,19+,22+,23+,24-/m111/s1. The Kier molecular flexibility index (Phi) is 19.0. The summed E-state index contributed by atoms with van der Waals surface area (Å²) >= 11 is 0. The molecule has 12 rings (SSSR count). The zero-order valence-electron chi connectivity index (χ0n) is 53.7. The maximum atomic E-state index is 13.3. The number of aliphatic hydroxyl groups excluding tert-OH is 5. The first-order chi connectivity index (χ1) is 39.5. The molecule has 12 saturated carbocycles. The van der Waals surface area contributed by atoms with Crippen molar-refractivity contribution >= 4 is 23.7 Å². The lowest BCUT2D eigenvalue weighted by Crippen LogP contribution is -2.58. The van der Waals surface area contributed by atoms with E-state index in [1.54, 1.807) is 0 Å². The quantitative estimate of drug-likeness (QED) is 0.0912. The highest BCUT2D eigenvalue weighted by molar-refractivity contribution is 5.83. The van der Waals surface area contributed by atoms with Crippen molar-refractivity contribution in [1.82, 2.24) is 0 Å². The minimum absolute atomic E-state index is 0.179. The van der Waals surface area contributed by atoms with Gasteiger partial charge in [0.15, 0.2) is 0 Å². The summed E-state index contributed by atoms with van der Waals surface area (Å²) in [5.41, 5.74) is 1.45. The second-order valence-electron chi connectivity index (χ2n) is 33.9. The van der Waals surface area contributed by atoms with Gasteiger partial charge in [0.25, 0.3) is 0 Å². The van der Waals surface area contributed by atoms with Crippen LogP contribution >= 0.6 is 0 Å². The van der Waals surface area contributed by atoms with Gasteiger partial charge in [-0.25, -0.2) is 0 Å². The van der Waals surface area contributed by atoms with E-state index in [2.05, 4.69) is 62.3 Å². The van der Waals surface area contributed by atoms with E-state index in [9.17, 15) is 44.7 Å². The fourth-order valence-corrected chi connectivity index (χ4v) is 25.9. The van der Waals surface area contributed by atoms with E-state index in [1.165, 1.54) is 57.8 Å². The molecule has 12 fully saturated rings. The van der Waals surface area contributed by atoms with Gasteiger partial charge >= 0.3 is 17.9 Å². The van der Waals surface area contributed by atoms with Crippen LogP contribution in [0.5, 0.6) is 0 Å². The van der Waals surface area contributed by atoms with E-state index in [0.717, 1.165) is 109 Å². The van der Waals surface area contributed by atoms with Crippen molar-refractivity contribution in [3.63, 3.8) is 0 Å². The number of ketones is 1. The summed E-state index contributed by atoms with van der Waals surface area (Å²) in [6, 6.07) is 0. The Morgan fingerprint density at radius 2 is 0.679 bits per heavy atom. The van der Waals surface area contributed by atoms with Gasteiger partial charge in [-0.05, 0) is 300 Å². The number of hydrogen-bond acceptors (Lipinski definition) is 9. The SMILES string of the molecule is C[C@H](CCC(=O)O)[C@H]1CC[C@H]2[C@@H]3C(=O)C[C@@H]4C[C@H](O)CC[C@]4(C)[C@H]3CC[C@]12C.C[C@H](CCC(=O)O)[C@H]1CC[C@H]2[C@@H]3[C@@H](O)C[C@@H]4C[C@H](O)CC[C@]4(C)[C@H]3CC[C@]12C.C[C@H](CCC(=O)O)[C@H]1CC[C@H]2[C@@H]3[C@H](O)C[C@@H]4C[C@H](O)CC[C@]4(C)[C@H]3CC[C@]12C. The summed E-state index contributed by atoms with van der Waals surface area (Å²) in [6.07, 6.45) is 27.2. The number of Topliss-reactive ketones (excluding diaryl/α,β-unsaturated/α-hetero) is 1. The number of aliphatic hydroxyl groups is 5. The monoisotopic (exact) mass is 1170 g/mol. The van der Waals surface area contributed by atoms with Gasteiger partial charge in [0.2, 0.25) is 0 Å². The lowest BCUT2D eigenvalue weighted by atomic mass is 9.43. The second kappa shape index (κ2) is 24.6. The molecule has 0 aromatic heterocycles. The normalized spacial score (nSPS) is 50.8. The van der Waals surface area contributed by atoms with Crippen molar-refractivity contribution in [3.05, 3.63) is 0 Å². The molecule has 8 N–H and O–H groups in total. The Labute approximate surface area is 506 Å². The highest BCUT2D eigenvalue weighted by Crippen LogP contribution is 2.72. The number of carbonyl (C=O) groups excluding carboxylic acids is 1. The zero-order chi connectivity index (χ0) is 60.8. The molecule has 12 nitrogen and oxygen atoms in total. The van der Waals surface area contributed by atoms with Crippen molar-refractivity contribution in [2.24, 2.45) is 139 Å². The molecule has 0 unspecified atom stereocenters. The fourth-order valence-electron chi connectivity index (χ4n) is 25.9. The van der Waals surface area contributed by atoms with Gasteiger partial charge in [-0.2, -0.15) is 0 Å². The van der Waals surface area contributed by atoms with E-state index in [0.29, 0.717) is 113 Å². The topological polar surface area (TPSA) is 230 Å². The molecule has 0 spiro atoms. The van der Waals surface area contributed by atoms with Gasteiger partial charge < -0.3 is 40.9 Å². The van der Waals surface area contributed by atoms with Crippen molar-refractivity contribution in [2.45, 2.75) is 285 Å². The molecule has 478 valence electrons. The molecule has 12 aliphatic rings. The summed E-state index contributed by atoms with van der Waals surface area (Å²) in [5.74, 6) is 6.96. The van der Waals surface area contributed by atoms with E-state index in [1.807, 2.05) is 0 Å². The molecule has 12 heteroatoms. The molecule has 84 heavy (non-hydrogen) atoms. The van der Waals surface area contributed by atoms with Crippen molar-refractivity contribution in [1.29, 1.82) is 0 Å². The maximum absolute atomic E-state index is 13.3. The predicted octanol–water partition coefficient (Wildman–Crippen LogP) is 13.6. The first-order valence-corrected chi connectivity index (χ1v) is 35.1. The molecule has 0 bridgehead atoms. The third-order valence-corrected chi connectivity index (χ3v) is 30.5. The Balaban J connectivity index is 0.000000140. The number of fused-ring (bicyclic) bond motifs is 15. The van der Waals surface area contributed by atoms with Crippen LogP contribution in [0.15, 0.2) is 0 Å². The average molecular weight is 1180 g/mol. The van der Waals surface area contributed by atoms with Crippen LogP contribution in [0.4, 0.5) is 0 Å². The summed E-state index contributed by atoms with van der Waals surface area (Å²) in [5, 5.41) is 80.3. The second-order valence-corrected chi connectivity index (χ2v) is 33.9. The largest absolute Gasteiger partial charge is 0.481 e. The molecule has 0 aromatic carbocycles. The Bertz CT molecular complexity index is 2260. The van der Waals surface area contributed by atoms with Crippen LogP contribution in [0.25, 0.3) is 0 Å². The van der Waals surface area contributed by atoms with Crippen LogP contribution < -0.4 is 0 Å². The molecule has 12 aliphatic carbocycles. The van der Waals surface area contributed by atoms with Gasteiger partial charge in [0.05, 0.1) is 30.5 Å². The first kappa shape index (κ1) is 64.9. The number of carbonyl (C=O) groups is 4. The molecule has 0 heterocycles. The third-order valence-electron chi connectivity index (χ3n) is 30.5. The van der Waals surface area contributed by atoms with Gasteiger partial charge in [0.1, 0.15) is 5.78 Å². The van der Waals surface area contributed by atoms with E-state index in [4.69, 9.17) is 15.3 Å². The minimum Gasteiger partial charge on any atom is -0.481 e. The summed E-state index contributed by atoms with van der Waals surface area (Å²) in [7, 11) is 0. The third kappa shape index (κ3) is 11.5. The van der Waals surface area contributed by atoms with Gasteiger partial charge in [-0.3, -0.25) is 19.2 Å². The van der Waals surface area contributed by atoms with Crippen LogP contribution in [0.3, 0.4) is 0 Å². The molecule has 0 aliphatic heterocycles. The molecule has 0 aromatic rings. The van der Waals surface area contributed by atoms with Crippen LogP contribution in [0, 0.1) is 139 Å². The molecule has 29 atom stereocenters. The van der Waals surface area contributed by atoms with Crippen LogP contribution in [-0.2, 0) is 19.2 Å². The summed E-state index contributed by atoms with van der Waals surface area (Å²) < 4.78 is 0. The van der Waals surface area contributed by atoms with Crippen LogP contribution in [0.1, 0.15) is 255 Å². The molecule has 0 saturated heterocycles. The molecule has 0 radical (unpaired) electrons. The number of rotatable bonds is 12. The average Bonchev–Trinajstić information content (AvgIpc) is 3.41. The zero-order valence-corrected chi connectivity index (χ0v) is 53.7. The molecular weight excluding hydrogens is 1060 g/mol. The van der Waals surface area contributed by atoms with Crippen molar-refractivity contribution in [3.8, 4) is 0 Å². The number of hydrogen-bond donors (Lipinski definition) is 8. The number of aliphatic carboxylic acids is 3. The highest BCUT2D eigenvalue weighted by atomic mass is 16.4. The van der Waals surface area contributed by atoms with Gasteiger partial charge in [0, 0.05) is 31.6 Å². The van der Waals surface area contributed by atoms with Crippen molar-refractivity contribution in [2.75, 3.05) is 0 Å². The number of carboxylic acid groups (broad SMARTS) is 3. The smallest absolute Gasteiger partial charge is 0.303 e. The molecular formula is C72H118O12. The lowest BCUT2D eigenvalue weighted by molar-refractivity contribution is -0.174. The van der Waals surface area contributed by atoms with Crippen LogP contribution in [-0.4, -0.2) is 95.1 Å². The maximum Gasteiger partial charge on any atom is 0.303 e. The molecule has 0 amide bonds. The van der Waals surface area contributed by atoms with E-state index < -0.39 is 17.9 Å². The lowest BCUT2D eigenvalue weighted by Gasteiger charge is -2.62. The Morgan fingerprint density at radius 3 is 1.05 bits per heavy atom. The van der Waals surface area contributed by atoms with E-state index >= 15 is 0 Å². The summed E-state index contributed by atoms with van der Waals surface area (Å²) in [4.78, 5) is 46.5. The van der Waals surface area contributed by atoms with Gasteiger partial charge in [-0.1, -0.05) is 62.3 Å². The van der Waals surface area contributed by atoms with Crippen LogP contribution in [0.2, 0.25) is 0 Å². The first-order valence-electron chi connectivity index (χ1n) is 35.1. The predicted molar refractivity (Wildman–Crippen MR) is 325 cm³/mol. The van der Waals surface area contributed by atoms with Crippen molar-refractivity contribution < 1.29 is 60.0 Å². The Morgan fingerprint density at radius 1 is 0.393 bits per heavy atom. The van der Waals surface area contributed by atoms with E-state index in [-0.39, 0.29) is 88.2 Å². The number of carboxylic acids is 3. The Hall–Kier alpha value is -2.12. The highest BCUT2D eigenvalue weighted by Gasteiger charge is 2.66. The fraction of sp³-hybridized carbons (Fsp3) is 0.944. The van der Waals surface area contributed by atoms with Gasteiger partial charge in [-0.15, -0.1) is 0 Å².